The number of nitrogens with one attached hydrogen (secondary N) is 2. The number of aromatic nitrogens is 2. The van der Waals surface area contributed by atoms with Crippen molar-refractivity contribution in [1.29, 1.82) is 5.41 Å². The van der Waals surface area contributed by atoms with Crippen LogP contribution in [0.3, 0.4) is 0 Å². The van der Waals surface area contributed by atoms with E-state index in [2.05, 4.69) is 9.97 Å². The van der Waals surface area contributed by atoms with Crippen molar-refractivity contribution in [3.05, 3.63) is 30.1 Å². The minimum atomic E-state index is -0.939. The molecule has 5 nitrogen and oxygen atoms in total. The van der Waals surface area contributed by atoms with Crippen molar-refractivity contribution in [2.24, 2.45) is 0 Å². The third kappa shape index (κ3) is 2.22. The number of H-pyrrole nitrogens is 1. The Kier molecular flexibility index (Phi) is 2.91. The van der Waals surface area contributed by atoms with Crippen LogP contribution in [0.4, 0.5) is 0 Å². The summed E-state index contributed by atoms with van der Waals surface area (Å²) in [6.07, 6.45) is 0. The summed E-state index contributed by atoms with van der Waals surface area (Å²) in [5.74, 6) is -0.658. The van der Waals surface area contributed by atoms with Crippen LogP contribution in [0.1, 0.15) is 5.82 Å². The first kappa shape index (κ1) is 10.7. The zero-order valence-corrected chi connectivity index (χ0v) is 9.04. The maximum atomic E-state index is 10.4. The van der Waals surface area contributed by atoms with E-state index in [9.17, 15) is 4.79 Å². The van der Waals surface area contributed by atoms with E-state index in [4.69, 9.17) is 10.5 Å². The molecule has 2 aromatic rings. The Balaban J connectivity index is 2.20. The molecule has 16 heavy (non-hydrogen) atoms. The largest absolute Gasteiger partial charge is 0.481 e. The Morgan fingerprint density at radius 1 is 1.50 bits per heavy atom. The lowest BCUT2D eigenvalue weighted by Crippen LogP contribution is -2.04. The number of fused-ring (bicyclic) bond motifs is 1. The van der Waals surface area contributed by atoms with Gasteiger partial charge in [-0.1, -0.05) is 23.9 Å². The molecule has 82 valence electrons. The van der Waals surface area contributed by atoms with Gasteiger partial charge in [0.15, 0.2) is 5.82 Å². The van der Waals surface area contributed by atoms with Gasteiger partial charge >= 0.3 is 5.97 Å². The lowest BCUT2D eigenvalue weighted by molar-refractivity contribution is -0.133. The fraction of sp³-hybridized carbons (Fsp3) is 0.100. The van der Waals surface area contributed by atoms with Crippen LogP contribution < -0.4 is 0 Å². The van der Waals surface area contributed by atoms with Crippen LogP contribution in [0.25, 0.3) is 11.0 Å². The molecule has 0 fully saturated rings. The van der Waals surface area contributed by atoms with Crippen molar-refractivity contribution in [3.8, 4) is 0 Å². The van der Waals surface area contributed by atoms with E-state index >= 15 is 0 Å². The predicted molar refractivity (Wildman–Crippen MR) is 63.0 cm³/mol. The van der Waals surface area contributed by atoms with Gasteiger partial charge in [-0.15, -0.1) is 0 Å². The molecule has 0 unspecified atom stereocenters. The number of carboxylic acids is 1. The summed E-state index contributed by atoms with van der Waals surface area (Å²) < 4.78 is 0. The number of carbonyl (C=O) groups is 1. The molecule has 3 N–H and O–H groups in total. The summed E-state index contributed by atoms with van der Waals surface area (Å²) in [5.41, 5.74) is 1.62. The fourth-order valence-electron chi connectivity index (χ4n) is 1.26. The molecular formula is C10H9N3O2S. The van der Waals surface area contributed by atoms with Crippen molar-refractivity contribution < 1.29 is 9.90 Å². The summed E-state index contributed by atoms with van der Waals surface area (Å²) in [7, 11) is 0. The van der Waals surface area contributed by atoms with Gasteiger partial charge in [0.2, 0.25) is 0 Å². The van der Waals surface area contributed by atoms with Gasteiger partial charge in [0, 0.05) is 0 Å². The van der Waals surface area contributed by atoms with E-state index < -0.39 is 5.97 Å². The summed E-state index contributed by atoms with van der Waals surface area (Å²) in [4.78, 5) is 17.5. The third-order valence-electron chi connectivity index (χ3n) is 1.94. The van der Waals surface area contributed by atoms with E-state index in [-0.39, 0.29) is 10.8 Å². The topological polar surface area (TPSA) is 89.8 Å². The first-order valence-electron chi connectivity index (χ1n) is 4.55. The second kappa shape index (κ2) is 4.36. The second-order valence-corrected chi connectivity index (χ2v) is 4.10. The van der Waals surface area contributed by atoms with Gasteiger partial charge in [-0.3, -0.25) is 10.2 Å². The number of carboxylic acid groups (broad SMARTS) is 1. The highest BCUT2D eigenvalue weighted by molar-refractivity contribution is 8.14. The molecule has 0 aliphatic carbocycles. The first-order valence-corrected chi connectivity index (χ1v) is 5.53. The average Bonchev–Trinajstić information content (AvgIpc) is 2.69. The normalized spacial score (nSPS) is 10.5. The van der Waals surface area contributed by atoms with Gasteiger partial charge < -0.3 is 10.1 Å². The van der Waals surface area contributed by atoms with Crippen molar-refractivity contribution in [2.75, 3.05) is 5.75 Å². The SMILES string of the molecule is N=C(SCC(=O)O)c1nc2ccccc2[nH]1. The van der Waals surface area contributed by atoms with Crippen molar-refractivity contribution >= 4 is 33.8 Å². The molecule has 0 spiro atoms. The molecule has 0 aliphatic rings. The van der Waals surface area contributed by atoms with Crippen LogP contribution in [0.15, 0.2) is 24.3 Å². The monoisotopic (exact) mass is 235 g/mol. The summed E-state index contributed by atoms with van der Waals surface area (Å²) in [6.45, 7) is 0. The zero-order chi connectivity index (χ0) is 11.5. The number of benzene rings is 1. The number of nitrogens with zero attached hydrogens (tertiary/aromatic N) is 1. The van der Waals surface area contributed by atoms with Crippen LogP contribution in [-0.2, 0) is 4.79 Å². The van der Waals surface area contributed by atoms with E-state index in [0.717, 1.165) is 22.8 Å². The van der Waals surface area contributed by atoms with Gasteiger partial charge in [-0.2, -0.15) is 0 Å². The predicted octanol–water partition coefficient (Wildman–Crippen LogP) is 1.71. The van der Waals surface area contributed by atoms with Crippen LogP contribution >= 0.6 is 11.8 Å². The van der Waals surface area contributed by atoms with Crippen molar-refractivity contribution in [2.45, 2.75) is 0 Å². The van der Waals surface area contributed by atoms with E-state index in [1.54, 1.807) is 0 Å². The smallest absolute Gasteiger partial charge is 0.313 e. The Morgan fingerprint density at radius 3 is 2.94 bits per heavy atom. The molecule has 2 rings (SSSR count). The molecule has 1 aromatic carbocycles. The molecule has 0 bridgehead atoms. The van der Waals surface area contributed by atoms with Gasteiger partial charge in [-0.05, 0) is 12.1 Å². The number of hydrogen-bond acceptors (Lipinski definition) is 4. The second-order valence-electron chi connectivity index (χ2n) is 3.11. The lowest BCUT2D eigenvalue weighted by atomic mass is 10.3. The molecule has 0 saturated carbocycles. The quantitative estimate of drug-likeness (QED) is 0.558. The highest BCUT2D eigenvalue weighted by Crippen LogP contribution is 2.14. The maximum absolute atomic E-state index is 10.4. The minimum Gasteiger partial charge on any atom is -0.481 e. The van der Waals surface area contributed by atoms with Gasteiger partial charge in [0.25, 0.3) is 0 Å². The Morgan fingerprint density at radius 2 is 2.25 bits per heavy atom. The zero-order valence-electron chi connectivity index (χ0n) is 8.23. The van der Waals surface area contributed by atoms with Gasteiger partial charge in [0.05, 0.1) is 16.8 Å². The molecular weight excluding hydrogens is 226 g/mol. The molecule has 1 aromatic heterocycles. The number of imidazole rings is 1. The highest BCUT2D eigenvalue weighted by Gasteiger charge is 2.09. The number of aliphatic carboxylic acids is 1. The number of hydrogen-bond donors (Lipinski definition) is 3. The average molecular weight is 235 g/mol. The standard InChI is InChI=1S/C10H9N3O2S/c11-9(16-5-8(14)15)10-12-6-3-1-2-4-7(6)13-10/h1-4,11H,5H2,(H,12,13)(H,14,15). The molecule has 0 saturated heterocycles. The van der Waals surface area contributed by atoms with Gasteiger partial charge in [0.1, 0.15) is 5.04 Å². The molecule has 0 atom stereocenters. The third-order valence-corrected chi connectivity index (χ3v) is 2.82. The first-order chi connectivity index (χ1) is 7.66. The van der Waals surface area contributed by atoms with Crippen LogP contribution in [0.2, 0.25) is 0 Å². The van der Waals surface area contributed by atoms with Gasteiger partial charge in [-0.25, -0.2) is 4.98 Å². The van der Waals surface area contributed by atoms with Crippen LogP contribution in [0.5, 0.6) is 0 Å². The molecule has 6 heteroatoms. The maximum Gasteiger partial charge on any atom is 0.313 e. The molecule has 0 amide bonds. The lowest BCUT2D eigenvalue weighted by Gasteiger charge is -1.95. The van der Waals surface area contributed by atoms with Crippen LogP contribution in [0, 0.1) is 5.41 Å². The van der Waals surface area contributed by atoms with Crippen LogP contribution in [-0.4, -0.2) is 31.8 Å². The Labute approximate surface area is 95.4 Å². The number of thioether (sulfide) groups is 1. The van der Waals surface area contributed by atoms with Crippen molar-refractivity contribution in [3.63, 3.8) is 0 Å². The summed E-state index contributed by atoms with van der Waals surface area (Å²) in [5, 5.41) is 16.3. The number of para-hydroxylation sites is 2. The number of aromatic amines is 1. The molecule has 0 aliphatic heterocycles. The van der Waals surface area contributed by atoms with E-state index in [1.165, 1.54) is 0 Å². The summed E-state index contributed by atoms with van der Waals surface area (Å²) in [6, 6.07) is 7.44. The van der Waals surface area contributed by atoms with E-state index in [0.29, 0.717) is 5.82 Å². The molecule has 1 heterocycles. The number of rotatable bonds is 3. The minimum absolute atomic E-state index is 0.129. The summed E-state index contributed by atoms with van der Waals surface area (Å²) >= 11 is 0.943. The van der Waals surface area contributed by atoms with Crippen molar-refractivity contribution in [1.82, 2.24) is 9.97 Å². The highest BCUT2D eigenvalue weighted by atomic mass is 32.2. The Hall–Kier alpha value is -1.82. The van der Waals surface area contributed by atoms with E-state index in [1.807, 2.05) is 24.3 Å². The molecule has 0 radical (unpaired) electrons. The Bertz CT molecular complexity index is 517. The fourth-order valence-corrected chi connectivity index (χ4v) is 1.76.